The molecule has 6 rings (SSSR count). The Hall–Kier alpha value is -4.12. The molecule has 4 amide bonds. The van der Waals surface area contributed by atoms with Crippen LogP contribution in [-0.2, 0) is 27.4 Å². The Morgan fingerprint density at radius 1 is 0.980 bits per heavy atom. The number of nitrogens with one attached hydrogen (secondary N) is 1. The first-order valence-corrected chi connectivity index (χ1v) is 18.3. The van der Waals surface area contributed by atoms with Gasteiger partial charge in [-0.25, -0.2) is 4.79 Å². The van der Waals surface area contributed by atoms with Gasteiger partial charge in [-0.15, -0.1) is 0 Å². The average molecular weight is 688 g/mol. The number of hydrogen-bond donors (Lipinski definition) is 1. The summed E-state index contributed by atoms with van der Waals surface area (Å²) in [6, 6.07) is 13.8. The molecular weight excluding hydrogens is 634 g/mol. The first-order chi connectivity index (χ1) is 23.8. The Morgan fingerprint density at radius 2 is 1.74 bits per heavy atom. The van der Waals surface area contributed by atoms with Crippen molar-refractivity contribution in [2.24, 2.45) is 11.8 Å². The maximum atomic E-state index is 13.2. The highest BCUT2D eigenvalue weighted by atomic mass is 16.6. The van der Waals surface area contributed by atoms with E-state index >= 15 is 0 Å². The van der Waals surface area contributed by atoms with E-state index in [1.807, 2.05) is 32.9 Å². The first kappa shape index (κ1) is 35.7. The van der Waals surface area contributed by atoms with Crippen LogP contribution in [0.25, 0.3) is 0 Å². The molecule has 0 radical (unpaired) electrons. The minimum atomic E-state index is -0.636. The summed E-state index contributed by atoms with van der Waals surface area (Å²) in [5.74, 6) is 1.10. The van der Waals surface area contributed by atoms with Crippen molar-refractivity contribution in [1.29, 1.82) is 0 Å². The monoisotopic (exact) mass is 687 g/mol. The molecular formula is C39H53N5O6. The quantitative estimate of drug-likeness (QED) is 0.358. The number of amides is 4. The van der Waals surface area contributed by atoms with E-state index < -0.39 is 17.6 Å². The number of fused-ring (bicyclic) bond motifs is 1. The predicted molar refractivity (Wildman–Crippen MR) is 191 cm³/mol. The number of imide groups is 1. The van der Waals surface area contributed by atoms with Crippen LogP contribution >= 0.6 is 0 Å². The molecule has 4 aliphatic heterocycles. The van der Waals surface area contributed by atoms with Gasteiger partial charge in [0.25, 0.3) is 5.91 Å². The van der Waals surface area contributed by atoms with Crippen LogP contribution in [0, 0.1) is 11.8 Å². The van der Waals surface area contributed by atoms with E-state index in [0.29, 0.717) is 55.8 Å². The number of benzene rings is 2. The number of nitrogens with zero attached hydrogens (tertiary/aromatic N) is 4. The van der Waals surface area contributed by atoms with Gasteiger partial charge in [-0.05, 0) is 93.7 Å². The zero-order valence-electron chi connectivity index (χ0n) is 30.3. The Bertz CT molecular complexity index is 1580. The minimum Gasteiger partial charge on any atom is -0.492 e. The Kier molecular flexibility index (Phi) is 10.7. The van der Waals surface area contributed by atoms with Crippen LogP contribution in [0.4, 0.5) is 10.5 Å². The fourth-order valence-corrected chi connectivity index (χ4v) is 7.89. The molecule has 11 heteroatoms. The van der Waals surface area contributed by atoms with Gasteiger partial charge in [0, 0.05) is 69.5 Å². The van der Waals surface area contributed by atoms with Gasteiger partial charge in [-0.1, -0.05) is 32.0 Å². The van der Waals surface area contributed by atoms with Crippen LogP contribution in [0.1, 0.15) is 88.2 Å². The van der Waals surface area contributed by atoms with Gasteiger partial charge < -0.3 is 24.2 Å². The van der Waals surface area contributed by atoms with Crippen molar-refractivity contribution in [2.45, 2.75) is 97.5 Å². The lowest BCUT2D eigenvalue weighted by atomic mass is 9.86. The highest BCUT2D eigenvalue weighted by molar-refractivity contribution is 6.05. The van der Waals surface area contributed by atoms with Crippen molar-refractivity contribution >= 4 is 29.5 Å². The van der Waals surface area contributed by atoms with Crippen LogP contribution in [0.2, 0.25) is 0 Å². The maximum absolute atomic E-state index is 13.2. The van der Waals surface area contributed by atoms with Crippen molar-refractivity contribution in [3.63, 3.8) is 0 Å². The number of likely N-dealkylation sites (tertiary alicyclic amines) is 1. The zero-order chi connectivity index (χ0) is 35.6. The van der Waals surface area contributed by atoms with Crippen LogP contribution < -0.4 is 15.0 Å². The zero-order valence-corrected chi connectivity index (χ0v) is 30.3. The van der Waals surface area contributed by atoms with Crippen molar-refractivity contribution in [1.82, 2.24) is 20.0 Å². The summed E-state index contributed by atoms with van der Waals surface area (Å²) in [5, 5.41) is 2.37. The second-order valence-electron chi connectivity index (χ2n) is 15.8. The Labute approximate surface area is 296 Å². The Morgan fingerprint density at radius 3 is 2.46 bits per heavy atom. The lowest BCUT2D eigenvalue weighted by Gasteiger charge is -2.41. The molecule has 2 aromatic rings. The second-order valence-corrected chi connectivity index (χ2v) is 15.8. The second kappa shape index (κ2) is 15.0. The third kappa shape index (κ3) is 8.42. The standard InChI is InChI=1S/C39H53N5O6/c1-26(2)20-27-10-11-30(25-49-31-12-13-32-29(21-31)24-44(37(32)47)34-14-15-35(45)40-36(34)46)43(22-27)23-28-8-6-7-9-33(28)41-16-18-42(19-17-41)38(48)50-39(3,4)5/h6-9,12-13,21,26-27,30,34H,10-11,14-20,22-25H2,1-5H3,(H,40,45,46)/t27?,30-,34?/m1/s1. The van der Waals surface area contributed by atoms with Crippen molar-refractivity contribution in [2.75, 3.05) is 44.2 Å². The summed E-state index contributed by atoms with van der Waals surface area (Å²) in [5.41, 5.74) is 3.40. The molecule has 0 aromatic heterocycles. The highest BCUT2D eigenvalue weighted by Crippen LogP contribution is 2.33. The molecule has 0 bridgehead atoms. The summed E-state index contributed by atoms with van der Waals surface area (Å²) >= 11 is 0. The van der Waals surface area contributed by atoms with Crippen LogP contribution in [0.3, 0.4) is 0 Å². The lowest BCUT2D eigenvalue weighted by Crippen LogP contribution is -2.52. The number of piperazine rings is 1. The van der Waals surface area contributed by atoms with E-state index in [2.05, 4.69) is 53.2 Å². The van der Waals surface area contributed by atoms with E-state index in [1.54, 1.807) is 15.9 Å². The molecule has 2 unspecified atom stereocenters. The molecule has 3 atom stereocenters. The number of carbonyl (C=O) groups excluding carboxylic acids is 4. The lowest BCUT2D eigenvalue weighted by molar-refractivity contribution is -0.136. The fourth-order valence-electron chi connectivity index (χ4n) is 7.89. The fraction of sp³-hybridized carbons (Fsp3) is 0.590. The SMILES string of the molecule is CC(C)CC1CC[C@H](COc2ccc3c(c2)CN(C2CCC(=O)NC2=O)C3=O)N(Cc2ccccc2N2CCN(C(=O)OC(C)(C)C)CC2)C1. The molecule has 270 valence electrons. The first-order valence-electron chi connectivity index (χ1n) is 18.3. The molecule has 0 spiro atoms. The van der Waals surface area contributed by atoms with Crippen molar-refractivity contribution < 1.29 is 28.7 Å². The van der Waals surface area contributed by atoms with Crippen molar-refractivity contribution in [3.8, 4) is 5.75 Å². The third-order valence-electron chi connectivity index (χ3n) is 10.3. The van der Waals surface area contributed by atoms with Gasteiger partial charge in [-0.2, -0.15) is 0 Å². The summed E-state index contributed by atoms with van der Waals surface area (Å²) in [4.78, 5) is 58.4. The van der Waals surface area contributed by atoms with Gasteiger partial charge >= 0.3 is 6.09 Å². The van der Waals surface area contributed by atoms with E-state index in [0.717, 1.165) is 44.6 Å². The third-order valence-corrected chi connectivity index (χ3v) is 10.3. The summed E-state index contributed by atoms with van der Waals surface area (Å²) in [6.07, 6.45) is 3.72. The molecule has 4 aliphatic rings. The van der Waals surface area contributed by atoms with E-state index in [4.69, 9.17) is 9.47 Å². The largest absolute Gasteiger partial charge is 0.492 e. The molecule has 11 nitrogen and oxygen atoms in total. The topological polar surface area (TPSA) is 112 Å². The van der Waals surface area contributed by atoms with Crippen LogP contribution in [0.15, 0.2) is 42.5 Å². The smallest absolute Gasteiger partial charge is 0.410 e. The molecule has 50 heavy (non-hydrogen) atoms. The minimum absolute atomic E-state index is 0.180. The molecule has 3 saturated heterocycles. The van der Waals surface area contributed by atoms with Gasteiger partial charge in [-0.3, -0.25) is 24.6 Å². The van der Waals surface area contributed by atoms with E-state index in [-0.39, 0.29) is 30.4 Å². The highest BCUT2D eigenvalue weighted by Gasteiger charge is 2.39. The Balaban J connectivity index is 1.12. The summed E-state index contributed by atoms with van der Waals surface area (Å²) < 4.78 is 12.1. The molecule has 1 N–H and O–H groups in total. The number of carbonyl (C=O) groups is 4. The maximum Gasteiger partial charge on any atom is 0.410 e. The number of para-hydroxylation sites is 1. The normalized spacial score (nSPS) is 23.3. The number of ether oxygens (including phenoxy) is 2. The van der Waals surface area contributed by atoms with Gasteiger partial charge in [0.2, 0.25) is 11.8 Å². The molecule has 2 aromatic carbocycles. The van der Waals surface area contributed by atoms with E-state index in [1.165, 1.54) is 17.7 Å². The molecule has 3 fully saturated rings. The summed E-state index contributed by atoms with van der Waals surface area (Å²) in [6.45, 7) is 15.7. The van der Waals surface area contributed by atoms with E-state index in [9.17, 15) is 19.2 Å². The molecule has 0 aliphatic carbocycles. The van der Waals surface area contributed by atoms with Crippen molar-refractivity contribution in [3.05, 3.63) is 59.2 Å². The number of rotatable bonds is 9. The predicted octanol–water partition coefficient (Wildman–Crippen LogP) is 5.21. The summed E-state index contributed by atoms with van der Waals surface area (Å²) in [7, 11) is 0. The van der Waals surface area contributed by atoms with Crippen LogP contribution in [0.5, 0.6) is 5.75 Å². The van der Waals surface area contributed by atoms with Gasteiger partial charge in [0.1, 0.15) is 24.0 Å². The molecule has 0 saturated carbocycles. The number of anilines is 1. The average Bonchev–Trinajstić information content (AvgIpc) is 3.38. The number of hydrogen-bond acceptors (Lipinski definition) is 8. The van der Waals surface area contributed by atoms with Crippen LogP contribution in [-0.4, -0.2) is 95.5 Å². The van der Waals surface area contributed by atoms with Gasteiger partial charge in [0.05, 0.1) is 0 Å². The number of piperidine rings is 2. The van der Waals surface area contributed by atoms with Gasteiger partial charge in [0.15, 0.2) is 0 Å². The molecule has 4 heterocycles.